The fourth-order valence-corrected chi connectivity index (χ4v) is 3.67. The summed E-state index contributed by atoms with van der Waals surface area (Å²) in [5, 5.41) is 1.29. The molecule has 0 fully saturated rings. The van der Waals surface area contributed by atoms with Crippen LogP contribution in [0.2, 0.25) is 5.02 Å². The van der Waals surface area contributed by atoms with Crippen LogP contribution in [0.1, 0.15) is 0 Å². The first kappa shape index (κ1) is 20.4. The minimum atomic E-state index is -0.137. The molecule has 0 unspecified atom stereocenters. The fourth-order valence-electron chi connectivity index (χ4n) is 2.55. The summed E-state index contributed by atoms with van der Waals surface area (Å²) in [5.74, 6) is 1.21. The summed E-state index contributed by atoms with van der Waals surface area (Å²) in [6.07, 6.45) is 0. The van der Waals surface area contributed by atoms with Crippen LogP contribution in [0.3, 0.4) is 0 Å². The Balaban J connectivity index is 1.79. The number of likely N-dealkylation sites (N-methyl/N-ethyl adjacent to an activating group) is 1. The number of nitrogens with zero attached hydrogens (tertiary/aromatic N) is 2. The zero-order valence-electron chi connectivity index (χ0n) is 16.1. The summed E-state index contributed by atoms with van der Waals surface area (Å²) >= 11 is 7.37. The molecule has 148 valence electrons. The first-order valence-corrected chi connectivity index (χ1v) is 10.1. The Bertz CT molecular complexity index is 944. The first-order chi connectivity index (χ1) is 13.5. The summed E-state index contributed by atoms with van der Waals surface area (Å²) in [6.45, 7) is 1.29. The number of hydrogen-bond donors (Lipinski definition) is 1. The van der Waals surface area contributed by atoms with E-state index in [1.807, 2.05) is 18.2 Å². The second-order valence-corrected chi connectivity index (χ2v) is 8.02. The number of methoxy groups -OCH3 is 1. The Kier molecular flexibility index (Phi) is 6.72. The average molecular weight is 421 g/mol. The summed E-state index contributed by atoms with van der Waals surface area (Å²) < 4.78 is 11.9. The summed E-state index contributed by atoms with van der Waals surface area (Å²) in [5.41, 5.74) is 0.813. The Morgan fingerprint density at radius 2 is 1.89 bits per heavy atom. The Hall–Kier alpha value is -2.35. The quantitative estimate of drug-likeness (QED) is 0.608. The van der Waals surface area contributed by atoms with Crippen molar-refractivity contribution < 1.29 is 19.2 Å². The lowest BCUT2D eigenvalue weighted by atomic mass is 10.3. The van der Waals surface area contributed by atoms with Gasteiger partial charge in [-0.25, -0.2) is 4.98 Å². The lowest BCUT2D eigenvalue weighted by molar-refractivity contribution is -0.856. The third-order valence-corrected chi connectivity index (χ3v) is 5.44. The van der Waals surface area contributed by atoms with E-state index in [1.165, 1.54) is 16.2 Å². The summed E-state index contributed by atoms with van der Waals surface area (Å²) in [4.78, 5) is 20.5. The van der Waals surface area contributed by atoms with Gasteiger partial charge in [0.1, 0.15) is 11.5 Å². The number of fused-ring (bicyclic) bond motifs is 1. The van der Waals surface area contributed by atoms with Crippen LogP contribution in [0.4, 0.5) is 5.13 Å². The minimum Gasteiger partial charge on any atom is -0.497 e. The van der Waals surface area contributed by atoms with Gasteiger partial charge in [0, 0.05) is 11.1 Å². The van der Waals surface area contributed by atoms with E-state index in [4.69, 9.17) is 21.1 Å². The Morgan fingerprint density at radius 1 is 1.18 bits per heavy atom. The van der Waals surface area contributed by atoms with Crippen molar-refractivity contribution in [1.82, 2.24) is 4.98 Å². The van der Waals surface area contributed by atoms with Crippen LogP contribution in [0.5, 0.6) is 11.5 Å². The molecule has 0 saturated heterocycles. The largest absolute Gasteiger partial charge is 0.497 e. The van der Waals surface area contributed by atoms with Crippen LogP contribution in [0, 0.1) is 0 Å². The normalized spacial score (nSPS) is 11.0. The molecule has 0 saturated carbocycles. The smallest absolute Gasteiger partial charge is 0.266 e. The van der Waals surface area contributed by atoms with Crippen LogP contribution in [0.15, 0.2) is 42.5 Å². The molecule has 1 heterocycles. The number of halogens is 1. The van der Waals surface area contributed by atoms with E-state index < -0.39 is 0 Å². The third-order valence-electron chi connectivity index (χ3n) is 4.13. The molecule has 0 spiro atoms. The number of carbonyl (C=O) groups is 1. The Morgan fingerprint density at radius 3 is 2.57 bits per heavy atom. The van der Waals surface area contributed by atoms with Crippen LogP contribution in [-0.4, -0.2) is 51.8 Å². The summed E-state index contributed by atoms with van der Waals surface area (Å²) in [6, 6.07) is 12.7. The SMILES string of the molecule is COc1ccc2sc(N(CC[NH+](C)C)C(=O)COc3ccc(Cl)cc3)nc2c1. The number of hydrogen-bond acceptors (Lipinski definition) is 5. The van der Waals surface area contributed by atoms with Crippen molar-refractivity contribution >= 4 is 44.2 Å². The molecule has 2 aromatic carbocycles. The maximum atomic E-state index is 12.9. The van der Waals surface area contributed by atoms with Crippen LogP contribution >= 0.6 is 22.9 Å². The Labute approximate surface area is 173 Å². The molecule has 8 heteroatoms. The van der Waals surface area contributed by atoms with Crippen molar-refractivity contribution in [2.24, 2.45) is 0 Å². The predicted octanol–water partition coefficient (Wildman–Crippen LogP) is 2.51. The number of carbonyl (C=O) groups excluding carboxylic acids is 1. The highest BCUT2D eigenvalue weighted by Gasteiger charge is 2.21. The topological polar surface area (TPSA) is 56.1 Å². The van der Waals surface area contributed by atoms with Gasteiger partial charge in [0.15, 0.2) is 11.7 Å². The molecule has 0 aliphatic heterocycles. The number of nitrogens with one attached hydrogen (secondary N) is 1. The molecule has 3 aromatic rings. The second kappa shape index (κ2) is 9.23. The van der Waals surface area contributed by atoms with E-state index in [9.17, 15) is 4.79 Å². The van der Waals surface area contributed by atoms with Gasteiger partial charge in [-0.2, -0.15) is 0 Å². The van der Waals surface area contributed by atoms with E-state index in [0.29, 0.717) is 22.4 Å². The maximum absolute atomic E-state index is 12.9. The number of quaternary nitrogens is 1. The lowest BCUT2D eigenvalue weighted by Crippen LogP contribution is -3.06. The number of benzene rings is 2. The number of aromatic nitrogens is 1. The zero-order valence-corrected chi connectivity index (χ0v) is 17.6. The standard InChI is InChI=1S/C20H22ClN3O3S/c1-23(2)10-11-24(19(25)13-27-15-6-4-14(21)5-7-15)20-22-17-12-16(26-3)8-9-18(17)28-20/h4-9,12H,10-11,13H2,1-3H3/p+1. The molecule has 1 aromatic heterocycles. The monoisotopic (exact) mass is 420 g/mol. The predicted molar refractivity (Wildman–Crippen MR) is 113 cm³/mol. The highest BCUT2D eigenvalue weighted by atomic mass is 35.5. The molecule has 0 radical (unpaired) electrons. The van der Waals surface area contributed by atoms with Gasteiger partial charge in [0.25, 0.3) is 5.91 Å². The summed E-state index contributed by atoms with van der Waals surface area (Å²) in [7, 11) is 5.73. The molecule has 1 N–H and O–H groups in total. The fraction of sp³-hybridized carbons (Fsp3) is 0.300. The molecular weight excluding hydrogens is 398 g/mol. The van der Waals surface area contributed by atoms with Crippen LogP contribution < -0.4 is 19.3 Å². The van der Waals surface area contributed by atoms with Gasteiger partial charge < -0.3 is 14.4 Å². The number of ether oxygens (including phenoxy) is 2. The van der Waals surface area contributed by atoms with Crippen molar-refractivity contribution in [1.29, 1.82) is 0 Å². The molecule has 0 bridgehead atoms. The average Bonchev–Trinajstić information content (AvgIpc) is 3.10. The van der Waals surface area contributed by atoms with Gasteiger partial charge in [0.2, 0.25) is 0 Å². The number of thiazole rings is 1. The van der Waals surface area contributed by atoms with E-state index in [0.717, 1.165) is 22.5 Å². The number of anilines is 1. The van der Waals surface area contributed by atoms with Gasteiger partial charge >= 0.3 is 0 Å². The van der Waals surface area contributed by atoms with Crippen molar-refractivity contribution in [3.8, 4) is 11.5 Å². The van der Waals surface area contributed by atoms with Gasteiger partial charge in [-0.15, -0.1) is 0 Å². The van der Waals surface area contributed by atoms with Gasteiger partial charge in [-0.3, -0.25) is 9.69 Å². The second-order valence-electron chi connectivity index (χ2n) is 6.58. The van der Waals surface area contributed by atoms with E-state index in [1.54, 1.807) is 36.3 Å². The molecular formula is C20H23ClN3O3S+. The van der Waals surface area contributed by atoms with Crippen LogP contribution in [0.25, 0.3) is 10.2 Å². The van der Waals surface area contributed by atoms with E-state index >= 15 is 0 Å². The first-order valence-electron chi connectivity index (χ1n) is 8.88. The van der Waals surface area contributed by atoms with Gasteiger partial charge in [-0.05, 0) is 36.4 Å². The molecule has 6 nitrogen and oxygen atoms in total. The van der Waals surface area contributed by atoms with Gasteiger partial charge in [-0.1, -0.05) is 22.9 Å². The highest BCUT2D eigenvalue weighted by molar-refractivity contribution is 7.22. The third kappa shape index (κ3) is 5.13. The van der Waals surface area contributed by atoms with E-state index in [-0.39, 0.29) is 12.5 Å². The number of rotatable bonds is 8. The van der Waals surface area contributed by atoms with Crippen molar-refractivity contribution in [2.75, 3.05) is 45.8 Å². The van der Waals surface area contributed by atoms with Crippen molar-refractivity contribution in [3.05, 3.63) is 47.5 Å². The molecule has 0 atom stereocenters. The molecule has 0 aliphatic carbocycles. The van der Waals surface area contributed by atoms with Gasteiger partial charge in [0.05, 0.1) is 44.5 Å². The zero-order chi connectivity index (χ0) is 20.1. The minimum absolute atomic E-state index is 0.0658. The maximum Gasteiger partial charge on any atom is 0.266 e. The van der Waals surface area contributed by atoms with Crippen molar-refractivity contribution in [2.45, 2.75) is 0 Å². The number of amides is 1. The highest BCUT2D eigenvalue weighted by Crippen LogP contribution is 2.31. The molecule has 28 heavy (non-hydrogen) atoms. The van der Waals surface area contributed by atoms with Crippen LogP contribution in [-0.2, 0) is 4.79 Å². The van der Waals surface area contributed by atoms with E-state index in [2.05, 4.69) is 19.1 Å². The molecule has 1 amide bonds. The lowest BCUT2D eigenvalue weighted by Gasteiger charge is -2.20. The molecule has 0 aliphatic rings. The molecule has 3 rings (SSSR count). The van der Waals surface area contributed by atoms with Crippen molar-refractivity contribution in [3.63, 3.8) is 0 Å².